The fraction of sp³-hybridized carbons (Fsp3) is 0.769. The molecule has 1 saturated heterocycles. The predicted molar refractivity (Wildman–Crippen MR) is 67.6 cm³/mol. The van der Waals surface area contributed by atoms with E-state index in [9.17, 15) is 5.11 Å². The van der Waals surface area contributed by atoms with Gasteiger partial charge in [-0.1, -0.05) is 0 Å². The zero-order valence-corrected chi connectivity index (χ0v) is 10.8. The van der Waals surface area contributed by atoms with Crippen LogP contribution in [-0.4, -0.2) is 39.0 Å². The lowest BCUT2D eigenvalue weighted by Crippen LogP contribution is -2.39. The normalized spacial score (nSPS) is 23.8. The van der Waals surface area contributed by atoms with Crippen molar-refractivity contribution in [2.45, 2.75) is 45.9 Å². The van der Waals surface area contributed by atoms with Crippen LogP contribution in [0.4, 0.5) is 0 Å². The Bertz CT molecular complexity index is 348. The van der Waals surface area contributed by atoms with Crippen LogP contribution in [0, 0.1) is 5.92 Å². The zero-order valence-electron chi connectivity index (χ0n) is 10.8. The Labute approximate surface area is 103 Å². The van der Waals surface area contributed by atoms with Crippen molar-refractivity contribution < 1.29 is 5.11 Å². The molecule has 1 fully saturated rings. The van der Waals surface area contributed by atoms with E-state index in [1.165, 1.54) is 12.1 Å². The molecule has 2 heterocycles. The summed E-state index contributed by atoms with van der Waals surface area (Å²) in [6.07, 6.45) is 4.03. The second-order valence-corrected chi connectivity index (χ2v) is 5.02. The standard InChI is InChI=1S/C13H23N3O/c1-3-16-13(6-7-14-16)10-15-8-4-5-12(9-15)11(2)17/h6-7,11-12,17H,3-5,8-10H2,1-2H3/t11-,12-/m1/s1. The van der Waals surface area contributed by atoms with E-state index in [4.69, 9.17) is 0 Å². The van der Waals surface area contributed by atoms with Crippen molar-refractivity contribution in [1.82, 2.24) is 14.7 Å². The number of likely N-dealkylation sites (tertiary alicyclic amines) is 1. The Morgan fingerprint density at radius 3 is 3.12 bits per heavy atom. The molecule has 1 N–H and O–H groups in total. The first-order chi connectivity index (χ1) is 8.20. The summed E-state index contributed by atoms with van der Waals surface area (Å²) in [5, 5.41) is 14.0. The van der Waals surface area contributed by atoms with Gasteiger partial charge in [0.1, 0.15) is 0 Å². The molecule has 1 aromatic rings. The van der Waals surface area contributed by atoms with Gasteiger partial charge in [-0.3, -0.25) is 9.58 Å². The molecular weight excluding hydrogens is 214 g/mol. The highest BCUT2D eigenvalue weighted by atomic mass is 16.3. The molecule has 0 spiro atoms. The maximum atomic E-state index is 9.68. The van der Waals surface area contributed by atoms with Crippen LogP contribution in [0.3, 0.4) is 0 Å². The summed E-state index contributed by atoms with van der Waals surface area (Å²) in [6, 6.07) is 2.09. The second-order valence-electron chi connectivity index (χ2n) is 5.02. The minimum absolute atomic E-state index is 0.186. The van der Waals surface area contributed by atoms with Crippen LogP contribution in [0.2, 0.25) is 0 Å². The topological polar surface area (TPSA) is 41.3 Å². The summed E-state index contributed by atoms with van der Waals surface area (Å²) in [5.41, 5.74) is 1.28. The zero-order chi connectivity index (χ0) is 12.3. The predicted octanol–water partition coefficient (Wildman–Crippen LogP) is 1.50. The maximum absolute atomic E-state index is 9.68. The van der Waals surface area contributed by atoms with E-state index in [1.54, 1.807) is 0 Å². The quantitative estimate of drug-likeness (QED) is 0.862. The molecular formula is C13H23N3O. The summed E-state index contributed by atoms with van der Waals surface area (Å²) in [6.45, 7) is 8.05. The van der Waals surface area contributed by atoms with Gasteiger partial charge in [0, 0.05) is 25.8 Å². The lowest BCUT2D eigenvalue weighted by molar-refractivity contribution is 0.0589. The SMILES string of the molecule is CCn1nccc1CN1CCC[C@@H]([C@@H](C)O)C1. The van der Waals surface area contributed by atoms with E-state index in [2.05, 4.69) is 23.0 Å². The lowest BCUT2D eigenvalue weighted by Gasteiger charge is -2.34. The maximum Gasteiger partial charge on any atom is 0.0552 e. The van der Waals surface area contributed by atoms with Crippen LogP contribution in [0.5, 0.6) is 0 Å². The molecule has 4 heteroatoms. The first-order valence-corrected chi connectivity index (χ1v) is 6.61. The summed E-state index contributed by atoms with van der Waals surface area (Å²) in [4.78, 5) is 2.43. The fourth-order valence-electron chi connectivity index (χ4n) is 2.64. The highest BCUT2D eigenvalue weighted by Crippen LogP contribution is 2.21. The number of aliphatic hydroxyl groups excluding tert-OH is 1. The molecule has 96 valence electrons. The number of aryl methyl sites for hydroxylation is 1. The van der Waals surface area contributed by atoms with Crippen molar-refractivity contribution in [3.8, 4) is 0 Å². The molecule has 2 rings (SSSR count). The third kappa shape index (κ3) is 3.07. The van der Waals surface area contributed by atoms with Crippen molar-refractivity contribution in [3.63, 3.8) is 0 Å². The second kappa shape index (κ2) is 5.65. The monoisotopic (exact) mass is 237 g/mol. The Balaban J connectivity index is 1.94. The number of nitrogens with zero attached hydrogens (tertiary/aromatic N) is 3. The van der Waals surface area contributed by atoms with E-state index in [1.807, 2.05) is 17.8 Å². The smallest absolute Gasteiger partial charge is 0.0552 e. The first kappa shape index (κ1) is 12.6. The number of hydrogen-bond acceptors (Lipinski definition) is 3. The van der Waals surface area contributed by atoms with E-state index < -0.39 is 0 Å². The highest BCUT2D eigenvalue weighted by Gasteiger charge is 2.23. The van der Waals surface area contributed by atoms with Gasteiger partial charge in [-0.2, -0.15) is 5.10 Å². The number of aliphatic hydroxyl groups is 1. The molecule has 17 heavy (non-hydrogen) atoms. The molecule has 2 atom stereocenters. The van der Waals surface area contributed by atoms with Gasteiger partial charge in [0.25, 0.3) is 0 Å². The molecule has 1 aromatic heterocycles. The van der Waals surface area contributed by atoms with Gasteiger partial charge in [0.2, 0.25) is 0 Å². The number of piperidine rings is 1. The average Bonchev–Trinajstić information content (AvgIpc) is 2.76. The Morgan fingerprint density at radius 1 is 1.59 bits per heavy atom. The van der Waals surface area contributed by atoms with Crippen LogP contribution >= 0.6 is 0 Å². The van der Waals surface area contributed by atoms with Gasteiger partial charge >= 0.3 is 0 Å². The fourth-order valence-corrected chi connectivity index (χ4v) is 2.64. The Kier molecular flexibility index (Phi) is 4.18. The summed E-state index contributed by atoms with van der Waals surface area (Å²) in [5.74, 6) is 0.432. The van der Waals surface area contributed by atoms with Crippen LogP contribution < -0.4 is 0 Å². The van der Waals surface area contributed by atoms with Crippen LogP contribution in [-0.2, 0) is 13.1 Å². The van der Waals surface area contributed by atoms with Crippen molar-refractivity contribution in [3.05, 3.63) is 18.0 Å². The molecule has 0 aliphatic carbocycles. The van der Waals surface area contributed by atoms with Gasteiger partial charge < -0.3 is 5.11 Å². The summed E-state index contributed by atoms with van der Waals surface area (Å²) >= 11 is 0. The summed E-state index contributed by atoms with van der Waals surface area (Å²) in [7, 11) is 0. The van der Waals surface area contributed by atoms with E-state index in [-0.39, 0.29) is 6.10 Å². The van der Waals surface area contributed by atoms with Crippen molar-refractivity contribution in [1.29, 1.82) is 0 Å². The highest BCUT2D eigenvalue weighted by molar-refractivity contribution is 5.00. The van der Waals surface area contributed by atoms with Crippen LogP contribution in [0.15, 0.2) is 12.3 Å². The third-order valence-electron chi connectivity index (χ3n) is 3.71. The Hall–Kier alpha value is -0.870. The van der Waals surface area contributed by atoms with Crippen LogP contribution in [0.25, 0.3) is 0 Å². The molecule has 0 unspecified atom stereocenters. The number of aromatic nitrogens is 2. The lowest BCUT2D eigenvalue weighted by atomic mass is 9.93. The van der Waals surface area contributed by atoms with E-state index in [0.29, 0.717) is 5.92 Å². The molecule has 4 nitrogen and oxygen atoms in total. The number of hydrogen-bond donors (Lipinski definition) is 1. The van der Waals surface area contributed by atoms with E-state index >= 15 is 0 Å². The third-order valence-corrected chi connectivity index (χ3v) is 3.71. The summed E-state index contributed by atoms with van der Waals surface area (Å²) < 4.78 is 2.05. The van der Waals surface area contributed by atoms with E-state index in [0.717, 1.165) is 32.6 Å². The molecule has 1 aliphatic rings. The Morgan fingerprint density at radius 2 is 2.41 bits per heavy atom. The average molecular weight is 237 g/mol. The van der Waals surface area contributed by atoms with Crippen molar-refractivity contribution in [2.75, 3.05) is 13.1 Å². The minimum Gasteiger partial charge on any atom is -0.393 e. The first-order valence-electron chi connectivity index (χ1n) is 6.61. The minimum atomic E-state index is -0.186. The molecule has 0 amide bonds. The van der Waals surface area contributed by atoms with Gasteiger partial charge in [-0.25, -0.2) is 0 Å². The molecule has 0 saturated carbocycles. The van der Waals surface area contributed by atoms with Gasteiger partial charge in [0.15, 0.2) is 0 Å². The van der Waals surface area contributed by atoms with Crippen molar-refractivity contribution >= 4 is 0 Å². The van der Waals surface area contributed by atoms with Gasteiger partial charge in [0.05, 0.1) is 11.8 Å². The number of rotatable bonds is 4. The largest absolute Gasteiger partial charge is 0.393 e. The van der Waals surface area contributed by atoms with Crippen LogP contribution in [0.1, 0.15) is 32.4 Å². The van der Waals surface area contributed by atoms with Crippen molar-refractivity contribution in [2.24, 2.45) is 5.92 Å². The van der Waals surface area contributed by atoms with Gasteiger partial charge in [-0.05, 0) is 45.2 Å². The van der Waals surface area contributed by atoms with Gasteiger partial charge in [-0.15, -0.1) is 0 Å². The molecule has 1 aliphatic heterocycles. The molecule has 0 bridgehead atoms. The molecule has 0 aromatic carbocycles. The molecule has 0 radical (unpaired) electrons.